The van der Waals surface area contributed by atoms with E-state index in [2.05, 4.69) is 4.98 Å². The lowest BCUT2D eigenvalue weighted by Crippen LogP contribution is -2.31. The van der Waals surface area contributed by atoms with Gasteiger partial charge in [0.15, 0.2) is 0 Å². The van der Waals surface area contributed by atoms with Crippen molar-refractivity contribution in [1.82, 2.24) is 14.2 Å². The molecule has 1 aromatic heterocycles. The Morgan fingerprint density at radius 2 is 2.30 bits per heavy atom. The Balaban J connectivity index is 1.92. The van der Waals surface area contributed by atoms with Gasteiger partial charge in [-0.15, -0.1) is 0 Å². The molecular weight excluding hydrogens is 305 g/mol. The van der Waals surface area contributed by atoms with E-state index in [1.807, 2.05) is 14.1 Å². The van der Waals surface area contributed by atoms with Gasteiger partial charge in [0, 0.05) is 12.3 Å². The van der Waals surface area contributed by atoms with Gasteiger partial charge in [-0.25, -0.2) is 4.79 Å². The number of nitrogens with zero attached hydrogens (tertiary/aromatic N) is 2. The molecule has 3 atom stereocenters. The van der Waals surface area contributed by atoms with Crippen molar-refractivity contribution in [1.29, 1.82) is 0 Å². The second-order valence-corrected chi connectivity index (χ2v) is 7.06. The number of H-pyrrole nitrogens is 1. The van der Waals surface area contributed by atoms with Crippen LogP contribution in [0.3, 0.4) is 0 Å². The number of nitrogens with one attached hydrogen (secondary N) is 1. The van der Waals surface area contributed by atoms with Crippen LogP contribution in [0.4, 0.5) is 0 Å². The average molecular weight is 322 g/mol. The molecule has 0 aromatic carbocycles. The zero-order chi connectivity index (χ0) is 14.7. The highest BCUT2D eigenvalue weighted by Crippen LogP contribution is 2.45. The minimum atomic E-state index is -1.13. The molecule has 0 spiro atoms. The van der Waals surface area contributed by atoms with Crippen LogP contribution < -0.4 is 11.2 Å². The topological polar surface area (TPSA) is 76.6 Å². The first-order valence-corrected chi connectivity index (χ1v) is 8.32. The largest absolute Gasteiger partial charge is 0.352 e. The quantitative estimate of drug-likeness (QED) is 0.826. The number of aromatic amines is 1. The van der Waals surface area contributed by atoms with Gasteiger partial charge in [-0.05, 0) is 38.2 Å². The van der Waals surface area contributed by atoms with Gasteiger partial charge in [0.25, 0.3) is 5.56 Å². The van der Waals surface area contributed by atoms with Crippen LogP contribution in [0.15, 0.2) is 21.9 Å². The lowest BCUT2D eigenvalue weighted by atomic mass is 10.2. The third-order valence-electron chi connectivity index (χ3n) is 2.93. The molecule has 9 heteroatoms. The smallest absolute Gasteiger partial charge is 0.330 e. The summed E-state index contributed by atoms with van der Waals surface area (Å²) in [6.07, 6.45) is 2.46. The van der Waals surface area contributed by atoms with E-state index < -0.39 is 18.9 Å². The molecule has 20 heavy (non-hydrogen) atoms. The van der Waals surface area contributed by atoms with Gasteiger partial charge in [0.2, 0.25) is 7.65 Å². The second-order valence-electron chi connectivity index (χ2n) is 4.68. The molecule has 0 bridgehead atoms. The first kappa shape index (κ1) is 15.7. The van der Waals surface area contributed by atoms with Crippen LogP contribution in [0.2, 0.25) is 0 Å². The molecule has 7 nitrogen and oxygen atoms in total. The van der Waals surface area contributed by atoms with Gasteiger partial charge >= 0.3 is 5.69 Å². The number of halogens is 1. The second kappa shape index (κ2) is 6.83. The van der Waals surface area contributed by atoms with Crippen LogP contribution >= 0.6 is 18.9 Å². The summed E-state index contributed by atoms with van der Waals surface area (Å²) in [5, 5.41) is 0. The molecule has 1 saturated heterocycles. The summed E-state index contributed by atoms with van der Waals surface area (Å²) in [5.74, 6) is 0. The SMILES string of the molecule is CN(C)P(Cl)OCC1CCC(n2ccc(=O)[nH]c2=O)O1. The molecule has 0 saturated carbocycles. The number of aromatic nitrogens is 2. The van der Waals surface area contributed by atoms with Gasteiger partial charge in [-0.1, -0.05) is 0 Å². The lowest BCUT2D eigenvalue weighted by Gasteiger charge is -2.19. The fraction of sp³-hybridized carbons (Fsp3) is 0.636. The Kier molecular flexibility index (Phi) is 5.35. The van der Waals surface area contributed by atoms with Gasteiger partial charge in [0.05, 0.1) is 12.7 Å². The predicted molar refractivity (Wildman–Crippen MR) is 76.9 cm³/mol. The summed E-state index contributed by atoms with van der Waals surface area (Å²) in [6, 6.07) is 1.30. The molecule has 1 aromatic rings. The van der Waals surface area contributed by atoms with Crippen molar-refractivity contribution in [2.45, 2.75) is 25.2 Å². The molecule has 2 rings (SSSR count). The average Bonchev–Trinajstić information content (AvgIpc) is 2.84. The Morgan fingerprint density at radius 1 is 1.55 bits per heavy atom. The van der Waals surface area contributed by atoms with E-state index in [0.29, 0.717) is 13.0 Å². The van der Waals surface area contributed by atoms with Crippen molar-refractivity contribution in [3.05, 3.63) is 33.1 Å². The number of hydrogen-bond acceptors (Lipinski definition) is 5. The molecule has 1 fully saturated rings. The van der Waals surface area contributed by atoms with Crippen LogP contribution in [-0.4, -0.2) is 41.0 Å². The van der Waals surface area contributed by atoms with Crippen molar-refractivity contribution in [3.8, 4) is 0 Å². The Morgan fingerprint density at radius 3 is 2.95 bits per heavy atom. The Labute approximate surface area is 122 Å². The van der Waals surface area contributed by atoms with Crippen LogP contribution in [-0.2, 0) is 9.26 Å². The van der Waals surface area contributed by atoms with Crippen molar-refractivity contribution >= 4 is 18.9 Å². The maximum Gasteiger partial charge on any atom is 0.330 e. The van der Waals surface area contributed by atoms with E-state index in [-0.39, 0.29) is 12.3 Å². The molecular formula is C11H17ClN3O4P. The van der Waals surface area contributed by atoms with E-state index >= 15 is 0 Å². The van der Waals surface area contributed by atoms with Crippen LogP contribution in [0.25, 0.3) is 0 Å². The van der Waals surface area contributed by atoms with Crippen molar-refractivity contribution < 1.29 is 9.26 Å². The standard InChI is InChI=1S/C11H17ClN3O4P/c1-14(2)20(12)18-7-8-3-4-10(19-8)15-6-5-9(16)13-11(15)17/h5-6,8,10H,3-4,7H2,1-2H3,(H,13,16,17). The van der Waals surface area contributed by atoms with Gasteiger partial charge in [0.1, 0.15) is 6.23 Å². The minimum absolute atomic E-state index is 0.0949. The Bertz CT molecular complexity index is 561. The van der Waals surface area contributed by atoms with E-state index in [1.165, 1.54) is 16.8 Å². The molecule has 3 unspecified atom stereocenters. The summed E-state index contributed by atoms with van der Waals surface area (Å²) in [6.45, 7) is 0.391. The first-order chi connectivity index (χ1) is 9.47. The zero-order valence-electron chi connectivity index (χ0n) is 11.3. The molecule has 2 heterocycles. The van der Waals surface area contributed by atoms with Gasteiger partial charge in [-0.3, -0.25) is 19.0 Å². The molecule has 0 aliphatic carbocycles. The highest BCUT2D eigenvalue weighted by molar-refractivity contribution is 7.78. The summed E-state index contributed by atoms with van der Waals surface area (Å²) >= 11 is 6.01. The summed E-state index contributed by atoms with van der Waals surface area (Å²) in [5.41, 5.74) is -0.875. The molecule has 0 radical (unpaired) electrons. The predicted octanol–water partition coefficient (Wildman–Crippen LogP) is 1.26. The van der Waals surface area contributed by atoms with Crippen molar-refractivity contribution in [3.63, 3.8) is 0 Å². The van der Waals surface area contributed by atoms with Gasteiger partial charge in [-0.2, -0.15) is 0 Å². The van der Waals surface area contributed by atoms with E-state index in [9.17, 15) is 9.59 Å². The van der Waals surface area contributed by atoms with E-state index in [4.69, 9.17) is 20.5 Å². The van der Waals surface area contributed by atoms with Crippen molar-refractivity contribution in [2.24, 2.45) is 0 Å². The van der Waals surface area contributed by atoms with Gasteiger partial charge < -0.3 is 9.26 Å². The van der Waals surface area contributed by atoms with Crippen LogP contribution in [0.1, 0.15) is 19.1 Å². The minimum Gasteiger partial charge on any atom is -0.352 e. The monoisotopic (exact) mass is 321 g/mol. The summed E-state index contributed by atoms with van der Waals surface area (Å²) in [4.78, 5) is 24.9. The maximum absolute atomic E-state index is 11.7. The van der Waals surface area contributed by atoms with Crippen LogP contribution in [0.5, 0.6) is 0 Å². The third-order valence-corrected chi connectivity index (χ3v) is 5.12. The van der Waals surface area contributed by atoms with E-state index in [0.717, 1.165) is 6.42 Å². The maximum atomic E-state index is 11.7. The molecule has 1 aliphatic heterocycles. The Hall–Kier alpha value is -0.720. The molecule has 1 aliphatic rings. The molecule has 0 amide bonds. The molecule has 112 valence electrons. The fourth-order valence-electron chi connectivity index (χ4n) is 1.93. The first-order valence-electron chi connectivity index (χ1n) is 6.20. The highest BCUT2D eigenvalue weighted by atomic mass is 35.7. The zero-order valence-corrected chi connectivity index (χ0v) is 12.9. The van der Waals surface area contributed by atoms with Crippen molar-refractivity contribution in [2.75, 3.05) is 20.7 Å². The summed E-state index contributed by atoms with van der Waals surface area (Å²) in [7, 11) is 2.56. The fourth-order valence-corrected chi connectivity index (χ4v) is 2.62. The highest BCUT2D eigenvalue weighted by Gasteiger charge is 2.28. The lowest BCUT2D eigenvalue weighted by molar-refractivity contribution is -0.0186. The van der Waals surface area contributed by atoms with E-state index in [1.54, 1.807) is 4.67 Å². The number of rotatable bonds is 5. The summed E-state index contributed by atoms with van der Waals surface area (Å²) < 4.78 is 14.4. The number of ether oxygens (including phenoxy) is 1. The molecule has 1 N–H and O–H groups in total. The third kappa shape index (κ3) is 3.90. The number of hydrogen-bond donors (Lipinski definition) is 1. The normalized spacial score (nSPS) is 24.2. The van der Waals surface area contributed by atoms with Crippen LogP contribution in [0, 0.1) is 0 Å².